The summed E-state index contributed by atoms with van der Waals surface area (Å²) in [5, 5.41) is 2.65. The zero-order valence-electron chi connectivity index (χ0n) is 9.75. The normalized spacial score (nSPS) is 9.82. The van der Waals surface area contributed by atoms with Crippen LogP contribution in [-0.4, -0.2) is 25.5 Å². The van der Waals surface area contributed by atoms with E-state index in [0.29, 0.717) is 5.56 Å². The molecule has 0 saturated carbocycles. The molecule has 0 aliphatic rings. The molecule has 0 aliphatic heterocycles. The van der Waals surface area contributed by atoms with Gasteiger partial charge in [-0.3, -0.25) is 9.59 Å². The summed E-state index contributed by atoms with van der Waals surface area (Å²) in [6.07, 6.45) is 0.176. The minimum Gasteiger partial charge on any atom is -0.469 e. The summed E-state index contributed by atoms with van der Waals surface area (Å²) in [4.78, 5) is 22.5. The summed E-state index contributed by atoms with van der Waals surface area (Å²) in [5.74, 6) is -0.537. The van der Waals surface area contributed by atoms with Crippen molar-refractivity contribution in [3.63, 3.8) is 0 Å². The number of aryl methyl sites for hydroxylation is 1. The molecule has 0 saturated heterocycles. The molecule has 5 heteroatoms. The van der Waals surface area contributed by atoms with Gasteiger partial charge in [-0.2, -0.15) is 0 Å². The van der Waals surface area contributed by atoms with Crippen LogP contribution in [0.2, 0.25) is 0 Å². The summed E-state index contributed by atoms with van der Waals surface area (Å²) in [6.45, 7) is 2.22. The average molecular weight is 300 g/mol. The van der Waals surface area contributed by atoms with E-state index >= 15 is 0 Å². The van der Waals surface area contributed by atoms with Crippen molar-refractivity contribution in [1.29, 1.82) is 0 Å². The third-order valence-corrected chi connectivity index (χ3v) is 3.13. The summed E-state index contributed by atoms with van der Waals surface area (Å²) in [7, 11) is 1.32. The zero-order chi connectivity index (χ0) is 12.8. The molecule has 0 fully saturated rings. The molecule has 0 radical (unpaired) electrons. The van der Waals surface area contributed by atoms with Gasteiger partial charge in [0.15, 0.2) is 0 Å². The van der Waals surface area contributed by atoms with E-state index in [1.54, 1.807) is 12.1 Å². The monoisotopic (exact) mass is 299 g/mol. The number of carbonyl (C=O) groups is 2. The van der Waals surface area contributed by atoms with Crippen molar-refractivity contribution in [3.8, 4) is 0 Å². The summed E-state index contributed by atoms with van der Waals surface area (Å²) >= 11 is 3.36. The minimum atomic E-state index is -0.338. The first kappa shape index (κ1) is 13.7. The highest BCUT2D eigenvalue weighted by Gasteiger charge is 2.07. The first-order valence-corrected chi connectivity index (χ1v) is 5.95. The van der Waals surface area contributed by atoms with Gasteiger partial charge in [0.1, 0.15) is 0 Å². The first-order valence-electron chi connectivity index (χ1n) is 5.15. The van der Waals surface area contributed by atoms with E-state index in [0.717, 1.165) is 10.0 Å². The molecule has 0 unspecified atom stereocenters. The highest BCUT2D eigenvalue weighted by molar-refractivity contribution is 9.10. The Morgan fingerprint density at radius 2 is 2.12 bits per heavy atom. The van der Waals surface area contributed by atoms with Crippen molar-refractivity contribution < 1.29 is 14.3 Å². The Hall–Kier alpha value is -1.36. The van der Waals surface area contributed by atoms with Gasteiger partial charge in [0, 0.05) is 16.6 Å². The number of amides is 1. The van der Waals surface area contributed by atoms with Crippen molar-refractivity contribution in [2.45, 2.75) is 13.3 Å². The molecule has 0 bridgehead atoms. The van der Waals surface area contributed by atoms with Gasteiger partial charge < -0.3 is 10.1 Å². The Labute approximate surface area is 108 Å². The van der Waals surface area contributed by atoms with Gasteiger partial charge in [0.05, 0.1) is 13.5 Å². The average Bonchev–Trinajstić information content (AvgIpc) is 2.32. The van der Waals surface area contributed by atoms with Crippen LogP contribution in [0.15, 0.2) is 22.7 Å². The van der Waals surface area contributed by atoms with Crippen LogP contribution in [0, 0.1) is 6.92 Å². The van der Waals surface area contributed by atoms with Crippen LogP contribution in [0.4, 0.5) is 0 Å². The van der Waals surface area contributed by atoms with Gasteiger partial charge in [-0.15, -0.1) is 0 Å². The number of benzene rings is 1. The van der Waals surface area contributed by atoms with Crippen LogP contribution in [0.25, 0.3) is 0 Å². The van der Waals surface area contributed by atoms with Gasteiger partial charge in [-0.1, -0.05) is 22.0 Å². The Bertz CT molecular complexity index is 432. The molecule has 92 valence electrons. The molecule has 1 aromatic carbocycles. The highest BCUT2D eigenvalue weighted by atomic mass is 79.9. The molecule has 0 aromatic heterocycles. The number of hydrogen-bond donors (Lipinski definition) is 1. The SMILES string of the molecule is COC(=O)CCNC(=O)c1ccc(C)c(Br)c1. The zero-order valence-corrected chi connectivity index (χ0v) is 11.3. The number of methoxy groups -OCH3 is 1. The highest BCUT2D eigenvalue weighted by Crippen LogP contribution is 2.17. The van der Waals surface area contributed by atoms with E-state index in [2.05, 4.69) is 26.0 Å². The number of rotatable bonds is 4. The van der Waals surface area contributed by atoms with E-state index in [1.165, 1.54) is 7.11 Å². The minimum absolute atomic E-state index is 0.176. The summed E-state index contributed by atoms with van der Waals surface area (Å²) in [5.41, 5.74) is 1.63. The molecule has 1 rings (SSSR count). The quantitative estimate of drug-likeness (QED) is 0.866. The predicted octanol–water partition coefficient (Wildman–Crippen LogP) is 2.05. The van der Waals surface area contributed by atoms with Gasteiger partial charge >= 0.3 is 5.97 Å². The Kier molecular flexibility index (Phi) is 5.15. The number of hydrogen-bond acceptors (Lipinski definition) is 3. The number of nitrogens with one attached hydrogen (secondary N) is 1. The van der Waals surface area contributed by atoms with Crippen LogP contribution < -0.4 is 5.32 Å². The Balaban J connectivity index is 2.52. The van der Waals surface area contributed by atoms with Gasteiger partial charge in [0.2, 0.25) is 0 Å². The predicted molar refractivity (Wildman–Crippen MR) is 67.8 cm³/mol. The van der Waals surface area contributed by atoms with E-state index in [9.17, 15) is 9.59 Å². The van der Waals surface area contributed by atoms with E-state index in [1.807, 2.05) is 13.0 Å². The maximum atomic E-state index is 11.7. The lowest BCUT2D eigenvalue weighted by Gasteiger charge is -2.06. The molecule has 1 aromatic rings. The summed E-state index contributed by atoms with van der Waals surface area (Å²) < 4.78 is 5.36. The first-order chi connectivity index (χ1) is 8.04. The largest absolute Gasteiger partial charge is 0.469 e. The van der Waals surface area contributed by atoms with Gasteiger partial charge in [-0.05, 0) is 24.6 Å². The lowest BCUT2D eigenvalue weighted by molar-refractivity contribution is -0.140. The smallest absolute Gasteiger partial charge is 0.307 e. The number of ether oxygens (including phenoxy) is 1. The molecule has 0 aliphatic carbocycles. The third-order valence-electron chi connectivity index (χ3n) is 2.28. The van der Waals surface area contributed by atoms with Crippen LogP contribution in [0.5, 0.6) is 0 Å². The Morgan fingerprint density at radius 3 is 2.71 bits per heavy atom. The lowest BCUT2D eigenvalue weighted by Crippen LogP contribution is -2.26. The van der Waals surface area contributed by atoms with E-state index < -0.39 is 0 Å². The Morgan fingerprint density at radius 1 is 1.41 bits per heavy atom. The van der Waals surface area contributed by atoms with Crippen LogP contribution >= 0.6 is 15.9 Å². The van der Waals surface area contributed by atoms with Crippen LogP contribution in [0.3, 0.4) is 0 Å². The molecule has 1 N–H and O–H groups in total. The van der Waals surface area contributed by atoms with Crippen LogP contribution in [0.1, 0.15) is 22.3 Å². The van der Waals surface area contributed by atoms with Crippen molar-refractivity contribution in [3.05, 3.63) is 33.8 Å². The number of halogens is 1. The maximum absolute atomic E-state index is 11.7. The fraction of sp³-hybridized carbons (Fsp3) is 0.333. The molecule has 0 heterocycles. The number of esters is 1. The lowest BCUT2D eigenvalue weighted by atomic mass is 10.1. The summed E-state index contributed by atoms with van der Waals surface area (Å²) in [6, 6.07) is 5.36. The molecular formula is C12H14BrNO3. The standard InChI is InChI=1S/C12H14BrNO3/c1-8-3-4-9(7-10(8)13)12(16)14-6-5-11(15)17-2/h3-4,7H,5-6H2,1-2H3,(H,14,16). The third kappa shape index (κ3) is 4.19. The molecule has 1 amide bonds. The van der Waals surface area contributed by atoms with E-state index in [-0.39, 0.29) is 24.8 Å². The van der Waals surface area contributed by atoms with Crippen LogP contribution in [-0.2, 0) is 9.53 Å². The molecule has 17 heavy (non-hydrogen) atoms. The molecular weight excluding hydrogens is 286 g/mol. The maximum Gasteiger partial charge on any atom is 0.307 e. The molecule has 4 nitrogen and oxygen atoms in total. The second-order valence-corrected chi connectivity index (χ2v) is 4.40. The van der Waals surface area contributed by atoms with Crippen molar-refractivity contribution in [2.24, 2.45) is 0 Å². The topological polar surface area (TPSA) is 55.4 Å². The second kappa shape index (κ2) is 6.39. The number of carbonyl (C=O) groups excluding carboxylic acids is 2. The van der Waals surface area contributed by atoms with Crippen molar-refractivity contribution in [2.75, 3.05) is 13.7 Å². The van der Waals surface area contributed by atoms with Crippen molar-refractivity contribution >= 4 is 27.8 Å². The van der Waals surface area contributed by atoms with E-state index in [4.69, 9.17) is 0 Å². The molecule has 0 spiro atoms. The van der Waals surface area contributed by atoms with Gasteiger partial charge in [0.25, 0.3) is 5.91 Å². The fourth-order valence-electron chi connectivity index (χ4n) is 1.22. The second-order valence-electron chi connectivity index (χ2n) is 3.55. The molecule has 0 atom stereocenters. The van der Waals surface area contributed by atoms with Gasteiger partial charge in [-0.25, -0.2) is 0 Å². The van der Waals surface area contributed by atoms with Crippen molar-refractivity contribution in [1.82, 2.24) is 5.32 Å². The fourth-order valence-corrected chi connectivity index (χ4v) is 1.60.